The first-order valence-corrected chi connectivity index (χ1v) is 8.94. The molecule has 3 aromatic rings. The quantitative estimate of drug-likeness (QED) is 0.741. The second-order valence-corrected chi connectivity index (χ2v) is 7.35. The topological polar surface area (TPSA) is 90.0 Å². The molecule has 0 aromatic carbocycles. The highest BCUT2D eigenvalue weighted by Crippen LogP contribution is 2.17. The van der Waals surface area contributed by atoms with Crippen molar-refractivity contribution in [1.82, 2.24) is 19.3 Å². The van der Waals surface area contributed by atoms with Gasteiger partial charge in [-0.25, -0.2) is 18.1 Å². The van der Waals surface area contributed by atoms with Crippen LogP contribution < -0.4 is 4.72 Å². The van der Waals surface area contributed by atoms with Gasteiger partial charge in [-0.05, 0) is 31.5 Å². The van der Waals surface area contributed by atoms with Crippen LogP contribution in [0.3, 0.4) is 0 Å². The molecular weight excluding hydrogens is 328 g/mol. The van der Waals surface area contributed by atoms with Crippen LogP contribution in [0, 0.1) is 0 Å². The molecule has 126 valence electrons. The summed E-state index contributed by atoms with van der Waals surface area (Å²) in [7, 11) is -3.65. The summed E-state index contributed by atoms with van der Waals surface area (Å²) in [6.45, 7) is 4.06. The number of imidazole rings is 1. The zero-order valence-corrected chi connectivity index (χ0v) is 14.2. The molecule has 0 aliphatic heterocycles. The van der Waals surface area contributed by atoms with Gasteiger partial charge in [-0.15, -0.1) is 0 Å². The Kier molecular flexibility index (Phi) is 4.50. The summed E-state index contributed by atoms with van der Waals surface area (Å²) in [5.41, 5.74) is 2.40. The van der Waals surface area contributed by atoms with Gasteiger partial charge in [0, 0.05) is 30.5 Å². The van der Waals surface area contributed by atoms with Gasteiger partial charge in [-0.3, -0.25) is 4.98 Å². The van der Waals surface area contributed by atoms with Crippen LogP contribution in [0.4, 0.5) is 0 Å². The molecule has 3 rings (SSSR count). The lowest BCUT2D eigenvalue weighted by Gasteiger charge is -2.06. The number of nitrogens with zero attached hydrogens (tertiary/aromatic N) is 3. The Morgan fingerprint density at radius 2 is 2.08 bits per heavy atom. The van der Waals surface area contributed by atoms with Crippen LogP contribution in [0.1, 0.15) is 25.5 Å². The Labute approximate surface area is 140 Å². The highest BCUT2D eigenvalue weighted by molar-refractivity contribution is 7.89. The molecule has 0 saturated heterocycles. The van der Waals surface area contributed by atoms with Crippen LogP contribution in [0.5, 0.6) is 0 Å². The molecule has 24 heavy (non-hydrogen) atoms. The van der Waals surface area contributed by atoms with Crippen molar-refractivity contribution in [3.8, 4) is 11.3 Å². The monoisotopic (exact) mass is 346 g/mol. The molecule has 0 saturated carbocycles. The van der Waals surface area contributed by atoms with Crippen molar-refractivity contribution in [3.63, 3.8) is 0 Å². The molecular formula is C16H18N4O3S. The van der Waals surface area contributed by atoms with Crippen LogP contribution in [-0.2, 0) is 16.6 Å². The Morgan fingerprint density at radius 3 is 2.67 bits per heavy atom. The number of pyridine rings is 1. The molecule has 0 unspecified atom stereocenters. The third kappa shape index (κ3) is 3.55. The predicted octanol–water partition coefficient (Wildman–Crippen LogP) is 2.60. The van der Waals surface area contributed by atoms with Gasteiger partial charge in [0.15, 0.2) is 5.03 Å². The van der Waals surface area contributed by atoms with Gasteiger partial charge in [0.25, 0.3) is 10.0 Å². The molecule has 0 amide bonds. The van der Waals surface area contributed by atoms with Crippen molar-refractivity contribution in [2.75, 3.05) is 0 Å². The normalized spacial score (nSPS) is 12.0. The van der Waals surface area contributed by atoms with Crippen molar-refractivity contribution >= 4 is 10.0 Å². The van der Waals surface area contributed by atoms with Gasteiger partial charge in [-0.2, -0.15) is 0 Å². The lowest BCUT2D eigenvalue weighted by molar-refractivity contribution is 0.568. The summed E-state index contributed by atoms with van der Waals surface area (Å²) in [6.07, 6.45) is 7.86. The first kappa shape index (κ1) is 16.4. The number of hydrogen-bond donors (Lipinski definition) is 1. The van der Waals surface area contributed by atoms with Crippen LogP contribution in [0.25, 0.3) is 11.3 Å². The van der Waals surface area contributed by atoms with Crippen LogP contribution in [0.2, 0.25) is 0 Å². The van der Waals surface area contributed by atoms with E-state index in [2.05, 4.69) is 14.7 Å². The fourth-order valence-electron chi connectivity index (χ4n) is 2.10. The van der Waals surface area contributed by atoms with Gasteiger partial charge in [0.1, 0.15) is 0 Å². The van der Waals surface area contributed by atoms with Crippen molar-refractivity contribution in [1.29, 1.82) is 0 Å². The van der Waals surface area contributed by atoms with Crippen LogP contribution in [0.15, 0.2) is 58.9 Å². The molecule has 0 atom stereocenters. The Morgan fingerprint density at radius 1 is 1.25 bits per heavy atom. The van der Waals surface area contributed by atoms with Gasteiger partial charge in [-0.1, -0.05) is 6.07 Å². The molecule has 3 heterocycles. The smallest absolute Gasteiger partial charge is 0.259 e. The Balaban J connectivity index is 1.68. The predicted molar refractivity (Wildman–Crippen MR) is 88.6 cm³/mol. The Hall–Kier alpha value is -2.45. The lowest BCUT2D eigenvalue weighted by Crippen LogP contribution is -2.23. The van der Waals surface area contributed by atoms with Gasteiger partial charge in [0.2, 0.25) is 0 Å². The lowest BCUT2D eigenvalue weighted by atomic mass is 10.2. The summed E-state index contributed by atoms with van der Waals surface area (Å²) < 4.78 is 33.9. The van der Waals surface area contributed by atoms with E-state index in [0.717, 1.165) is 16.8 Å². The molecule has 1 N–H and O–H groups in total. The number of furan rings is 1. The second kappa shape index (κ2) is 6.58. The van der Waals surface area contributed by atoms with Crippen molar-refractivity contribution in [2.45, 2.75) is 31.5 Å². The first-order chi connectivity index (χ1) is 11.5. The van der Waals surface area contributed by atoms with Crippen molar-refractivity contribution < 1.29 is 12.8 Å². The maximum absolute atomic E-state index is 12.3. The number of aromatic nitrogens is 3. The SMILES string of the molecule is CC(C)n1cnc(S(=O)(=O)NCc2ccc(-c3ccoc3)nc2)c1. The van der Waals surface area contributed by atoms with Crippen molar-refractivity contribution in [2.24, 2.45) is 0 Å². The molecule has 7 nitrogen and oxygen atoms in total. The van der Waals surface area contributed by atoms with Gasteiger partial charge < -0.3 is 8.98 Å². The average Bonchev–Trinajstić information content (AvgIpc) is 3.25. The highest BCUT2D eigenvalue weighted by Gasteiger charge is 2.17. The van der Waals surface area contributed by atoms with E-state index in [-0.39, 0.29) is 17.6 Å². The van der Waals surface area contributed by atoms with Gasteiger partial charge >= 0.3 is 0 Å². The maximum Gasteiger partial charge on any atom is 0.259 e. The van der Waals surface area contributed by atoms with E-state index in [1.807, 2.05) is 32.0 Å². The zero-order chi connectivity index (χ0) is 17.2. The number of rotatable bonds is 6. The largest absolute Gasteiger partial charge is 0.472 e. The van der Waals surface area contributed by atoms with E-state index in [9.17, 15) is 8.42 Å². The first-order valence-electron chi connectivity index (χ1n) is 7.46. The molecule has 8 heteroatoms. The summed E-state index contributed by atoms with van der Waals surface area (Å²) >= 11 is 0. The van der Waals surface area contributed by atoms with E-state index in [4.69, 9.17) is 4.42 Å². The third-order valence-corrected chi connectivity index (χ3v) is 4.84. The minimum Gasteiger partial charge on any atom is -0.472 e. The second-order valence-electron chi connectivity index (χ2n) is 5.64. The fourth-order valence-corrected chi connectivity index (χ4v) is 3.05. The standard InChI is InChI=1S/C16H18N4O3S/c1-12(2)20-9-16(18-11-20)24(21,22)19-8-13-3-4-15(17-7-13)14-5-6-23-10-14/h3-7,9-12,19H,8H2,1-2H3. The summed E-state index contributed by atoms with van der Waals surface area (Å²) in [5.74, 6) is 0. The maximum atomic E-state index is 12.3. The summed E-state index contributed by atoms with van der Waals surface area (Å²) in [5, 5.41) is 0.0131. The fraction of sp³-hybridized carbons (Fsp3) is 0.250. The Bertz CT molecular complexity index is 897. The third-order valence-electron chi connectivity index (χ3n) is 3.56. The minimum absolute atomic E-state index is 0.0131. The number of sulfonamides is 1. The van der Waals surface area contributed by atoms with E-state index in [1.54, 1.807) is 23.3 Å². The van der Waals surface area contributed by atoms with Crippen LogP contribution in [-0.4, -0.2) is 23.0 Å². The highest BCUT2D eigenvalue weighted by atomic mass is 32.2. The van der Waals surface area contributed by atoms with Crippen molar-refractivity contribution in [3.05, 3.63) is 55.0 Å². The molecule has 0 radical (unpaired) electrons. The van der Waals surface area contributed by atoms with E-state index >= 15 is 0 Å². The summed E-state index contributed by atoms with van der Waals surface area (Å²) in [4.78, 5) is 8.26. The molecule has 0 spiro atoms. The molecule has 3 aromatic heterocycles. The average molecular weight is 346 g/mol. The molecule has 0 bridgehead atoms. The van der Waals surface area contributed by atoms with Crippen LogP contribution >= 0.6 is 0 Å². The summed E-state index contributed by atoms with van der Waals surface area (Å²) in [6, 6.07) is 5.61. The molecule has 0 aliphatic rings. The molecule has 0 aliphatic carbocycles. The van der Waals surface area contributed by atoms with E-state index in [1.165, 1.54) is 12.5 Å². The number of nitrogens with one attached hydrogen (secondary N) is 1. The van der Waals surface area contributed by atoms with E-state index in [0.29, 0.717) is 0 Å². The molecule has 0 fully saturated rings. The van der Waals surface area contributed by atoms with Gasteiger partial charge in [0.05, 0.1) is 24.5 Å². The van der Waals surface area contributed by atoms with E-state index < -0.39 is 10.0 Å². The number of hydrogen-bond acceptors (Lipinski definition) is 5. The zero-order valence-electron chi connectivity index (χ0n) is 13.4. The minimum atomic E-state index is -3.65.